The molecule has 0 saturated heterocycles. The first-order valence-corrected chi connectivity index (χ1v) is 7.27. The van der Waals surface area contributed by atoms with Crippen molar-refractivity contribution in [2.45, 2.75) is 45.6 Å². The van der Waals surface area contributed by atoms with E-state index in [-0.39, 0.29) is 0 Å². The molecule has 18 heavy (non-hydrogen) atoms. The first kappa shape index (κ1) is 13.9. The number of halogens is 1. The number of aryl methyl sites for hydroxylation is 2. The quantitative estimate of drug-likeness (QED) is 0.911. The molecule has 1 aromatic rings. The molecule has 1 aromatic heterocycles. The fourth-order valence-electron chi connectivity index (χ4n) is 3.35. The molecule has 0 amide bonds. The number of hydrogen-bond donors (Lipinski definition) is 1. The number of aromatic nitrogens is 2. The minimum Gasteiger partial charge on any atom is -0.316 e. The van der Waals surface area contributed by atoms with Gasteiger partial charge in [0.25, 0.3) is 0 Å². The molecule has 3 nitrogen and oxygen atoms in total. The van der Waals surface area contributed by atoms with Gasteiger partial charge >= 0.3 is 0 Å². The van der Waals surface area contributed by atoms with E-state index >= 15 is 0 Å². The fourth-order valence-corrected chi connectivity index (χ4v) is 3.59. The first-order chi connectivity index (χ1) is 8.54. The summed E-state index contributed by atoms with van der Waals surface area (Å²) >= 11 is 6.35. The van der Waals surface area contributed by atoms with Gasteiger partial charge in [-0.3, -0.25) is 4.68 Å². The maximum Gasteiger partial charge on any atom is 0.0847 e. The molecule has 0 aliphatic heterocycles. The number of nitrogens with one attached hydrogen (secondary N) is 1. The van der Waals surface area contributed by atoms with Crippen molar-refractivity contribution in [1.82, 2.24) is 15.1 Å². The predicted octanol–water partition coefficient (Wildman–Crippen LogP) is 2.95. The normalized spacial score (nSPS) is 25.6. The Morgan fingerprint density at radius 1 is 1.50 bits per heavy atom. The Morgan fingerprint density at radius 2 is 2.22 bits per heavy atom. The predicted molar refractivity (Wildman–Crippen MR) is 76.0 cm³/mol. The highest BCUT2D eigenvalue weighted by molar-refractivity contribution is 6.31. The Morgan fingerprint density at radius 3 is 2.67 bits per heavy atom. The minimum atomic E-state index is 0.509. The first-order valence-electron chi connectivity index (χ1n) is 6.89. The average molecular weight is 270 g/mol. The second kappa shape index (κ2) is 5.62. The number of rotatable bonds is 4. The van der Waals surface area contributed by atoms with E-state index in [1.54, 1.807) is 0 Å². The summed E-state index contributed by atoms with van der Waals surface area (Å²) in [6.45, 7) is 4.34. The van der Waals surface area contributed by atoms with E-state index in [9.17, 15) is 0 Å². The summed E-state index contributed by atoms with van der Waals surface area (Å²) in [5.41, 5.74) is 2.09. The van der Waals surface area contributed by atoms with Crippen LogP contribution in [-0.4, -0.2) is 22.9 Å². The molecule has 0 radical (unpaired) electrons. The van der Waals surface area contributed by atoms with Gasteiger partial charge in [0, 0.05) is 19.5 Å². The lowest BCUT2D eigenvalue weighted by Gasteiger charge is -2.26. The lowest BCUT2D eigenvalue weighted by atomic mass is 9.87. The van der Waals surface area contributed by atoms with Gasteiger partial charge in [-0.2, -0.15) is 5.10 Å². The summed E-state index contributed by atoms with van der Waals surface area (Å²) in [5, 5.41) is 8.72. The molecule has 0 spiro atoms. The van der Waals surface area contributed by atoms with Crippen LogP contribution in [0.25, 0.3) is 0 Å². The monoisotopic (exact) mass is 269 g/mol. The van der Waals surface area contributed by atoms with Crippen molar-refractivity contribution >= 4 is 11.6 Å². The largest absolute Gasteiger partial charge is 0.316 e. The molecule has 1 aliphatic rings. The summed E-state index contributed by atoms with van der Waals surface area (Å²) in [6, 6.07) is 0.509. The Kier molecular flexibility index (Phi) is 4.33. The van der Waals surface area contributed by atoms with E-state index < -0.39 is 0 Å². The maximum atomic E-state index is 6.35. The molecule has 4 heteroatoms. The summed E-state index contributed by atoms with van der Waals surface area (Å²) in [5.74, 6) is 1.58. The molecule has 3 atom stereocenters. The van der Waals surface area contributed by atoms with Crippen molar-refractivity contribution in [3.05, 3.63) is 16.4 Å². The molecule has 3 unspecified atom stereocenters. The van der Waals surface area contributed by atoms with Gasteiger partial charge < -0.3 is 5.32 Å². The van der Waals surface area contributed by atoms with E-state index in [1.807, 2.05) is 18.7 Å². The van der Waals surface area contributed by atoms with Gasteiger partial charge in [0.05, 0.1) is 16.4 Å². The van der Waals surface area contributed by atoms with E-state index in [2.05, 4.69) is 24.4 Å². The molecule has 2 rings (SSSR count). The summed E-state index contributed by atoms with van der Waals surface area (Å²) in [6.07, 6.45) is 5.03. The lowest BCUT2D eigenvalue weighted by molar-refractivity contribution is 0.304. The Hall–Kier alpha value is -0.540. The molecule has 1 aliphatic carbocycles. The van der Waals surface area contributed by atoms with E-state index in [1.165, 1.54) is 19.3 Å². The third-order valence-corrected chi connectivity index (χ3v) is 4.98. The summed E-state index contributed by atoms with van der Waals surface area (Å²) < 4.78 is 1.93. The van der Waals surface area contributed by atoms with Crippen LogP contribution >= 0.6 is 11.6 Å². The van der Waals surface area contributed by atoms with Crippen LogP contribution in [-0.2, 0) is 13.5 Å². The van der Waals surface area contributed by atoms with Crippen LogP contribution < -0.4 is 5.32 Å². The van der Waals surface area contributed by atoms with Gasteiger partial charge in [0.15, 0.2) is 0 Å². The van der Waals surface area contributed by atoms with Crippen LogP contribution in [0.4, 0.5) is 0 Å². The van der Waals surface area contributed by atoms with E-state index in [0.29, 0.717) is 6.04 Å². The zero-order chi connectivity index (χ0) is 13.3. The second-order valence-corrected chi connectivity index (χ2v) is 6.02. The van der Waals surface area contributed by atoms with Crippen LogP contribution in [0.3, 0.4) is 0 Å². The van der Waals surface area contributed by atoms with E-state index in [0.717, 1.165) is 34.7 Å². The van der Waals surface area contributed by atoms with Gasteiger partial charge in [-0.1, -0.05) is 31.4 Å². The molecular weight excluding hydrogens is 246 g/mol. The van der Waals surface area contributed by atoms with Gasteiger partial charge in [-0.15, -0.1) is 0 Å². The Bertz CT molecular complexity index is 413. The van der Waals surface area contributed by atoms with Crippen LogP contribution in [0.2, 0.25) is 5.02 Å². The SMILES string of the molecule is CNC(Cc1c(Cl)c(C)nn1C)C1CCCC1C. The van der Waals surface area contributed by atoms with Crippen molar-refractivity contribution < 1.29 is 0 Å². The number of likely N-dealkylation sites (N-methyl/N-ethyl adjacent to an activating group) is 1. The average Bonchev–Trinajstić information content (AvgIpc) is 2.84. The third-order valence-electron chi connectivity index (χ3n) is 4.49. The highest BCUT2D eigenvalue weighted by Crippen LogP contribution is 2.35. The van der Waals surface area contributed by atoms with Crippen molar-refractivity contribution in [2.75, 3.05) is 7.05 Å². The smallest absolute Gasteiger partial charge is 0.0847 e. The number of nitrogens with zero attached hydrogens (tertiary/aromatic N) is 2. The molecule has 1 fully saturated rings. The molecule has 1 N–H and O–H groups in total. The third kappa shape index (κ3) is 2.57. The van der Waals surface area contributed by atoms with Crippen LogP contribution in [0, 0.1) is 18.8 Å². The highest BCUT2D eigenvalue weighted by Gasteiger charge is 2.31. The van der Waals surface area contributed by atoms with Crippen molar-refractivity contribution in [3.8, 4) is 0 Å². The van der Waals surface area contributed by atoms with Crippen molar-refractivity contribution in [2.24, 2.45) is 18.9 Å². The van der Waals surface area contributed by atoms with Gasteiger partial charge in [0.1, 0.15) is 0 Å². The Balaban J connectivity index is 2.15. The van der Waals surface area contributed by atoms with Gasteiger partial charge in [-0.05, 0) is 32.2 Å². The highest BCUT2D eigenvalue weighted by atomic mass is 35.5. The van der Waals surface area contributed by atoms with Crippen LogP contribution in [0.15, 0.2) is 0 Å². The standard InChI is InChI=1S/C14H24ClN3/c1-9-6-5-7-11(9)12(16-3)8-13-14(15)10(2)17-18(13)4/h9,11-12,16H,5-8H2,1-4H3. The molecule has 0 bridgehead atoms. The fraction of sp³-hybridized carbons (Fsp3) is 0.786. The van der Waals surface area contributed by atoms with Gasteiger partial charge in [-0.25, -0.2) is 0 Å². The molecule has 102 valence electrons. The van der Waals surface area contributed by atoms with Crippen molar-refractivity contribution in [3.63, 3.8) is 0 Å². The zero-order valence-electron chi connectivity index (χ0n) is 11.8. The van der Waals surface area contributed by atoms with Gasteiger partial charge in [0.2, 0.25) is 0 Å². The minimum absolute atomic E-state index is 0.509. The maximum absolute atomic E-state index is 6.35. The topological polar surface area (TPSA) is 29.9 Å². The van der Waals surface area contributed by atoms with Crippen LogP contribution in [0.1, 0.15) is 37.6 Å². The van der Waals surface area contributed by atoms with Crippen molar-refractivity contribution in [1.29, 1.82) is 0 Å². The second-order valence-electron chi connectivity index (χ2n) is 5.64. The molecule has 1 heterocycles. The molecule has 1 saturated carbocycles. The van der Waals surface area contributed by atoms with Crippen LogP contribution in [0.5, 0.6) is 0 Å². The number of hydrogen-bond acceptors (Lipinski definition) is 2. The lowest BCUT2D eigenvalue weighted by Crippen LogP contribution is -2.37. The summed E-state index contributed by atoms with van der Waals surface area (Å²) in [7, 11) is 4.05. The summed E-state index contributed by atoms with van der Waals surface area (Å²) in [4.78, 5) is 0. The molecular formula is C14H24ClN3. The molecule has 0 aromatic carbocycles. The zero-order valence-corrected chi connectivity index (χ0v) is 12.6. The Labute approximate surface area is 115 Å². The van der Waals surface area contributed by atoms with E-state index in [4.69, 9.17) is 11.6 Å².